The lowest BCUT2D eigenvalue weighted by molar-refractivity contribution is -0.138. The number of hydrogen-bond acceptors (Lipinski definition) is 4. The Bertz CT molecular complexity index is 2190. The summed E-state index contributed by atoms with van der Waals surface area (Å²) in [6.07, 6.45) is -8.92. The molecule has 0 unspecified atom stereocenters. The Morgan fingerprint density at radius 2 is 1.31 bits per heavy atom. The molecule has 264 valence electrons. The van der Waals surface area contributed by atoms with Crippen molar-refractivity contribution in [3.05, 3.63) is 167 Å². The number of nitrogens with one attached hydrogen (secondary N) is 2. The largest absolute Gasteiger partial charge is 0.416 e. The molecule has 0 saturated heterocycles. The first-order valence-corrected chi connectivity index (χ1v) is 15.9. The van der Waals surface area contributed by atoms with Gasteiger partial charge in [-0.15, -0.1) is 0 Å². The Morgan fingerprint density at radius 1 is 0.673 bits per heavy atom. The average molecular weight is 714 g/mol. The molecule has 6 aromatic rings. The maximum atomic E-state index is 13.4. The molecule has 1 atom stereocenters. The van der Waals surface area contributed by atoms with Crippen LogP contribution in [0.15, 0.2) is 133 Å². The number of nitrogens with zero attached hydrogens (tertiary/aromatic N) is 1. The number of ether oxygens (including phenoxy) is 1. The molecular weight excluding hydrogens is 684 g/mol. The van der Waals surface area contributed by atoms with Crippen LogP contribution in [0.3, 0.4) is 0 Å². The van der Waals surface area contributed by atoms with E-state index in [0.717, 1.165) is 29.8 Å². The summed E-state index contributed by atoms with van der Waals surface area (Å²) >= 11 is 0. The second-order valence-electron chi connectivity index (χ2n) is 11.8. The number of carbonyl (C=O) groups excluding carboxylic acids is 2. The molecule has 52 heavy (non-hydrogen) atoms. The number of rotatable bonds is 10. The van der Waals surface area contributed by atoms with Crippen molar-refractivity contribution >= 4 is 28.5 Å². The summed E-state index contributed by atoms with van der Waals surface area (Å²) in [5.41, 5.74) is 1.73. The van der Waals surface area contributed by atoms with Gasteiger partial charge in [0, 0.05) is 16.5 Å². The van der Waals surface area contributed by atoms with Gasteiger partial charge in [-0.2, -0.15) is 26.3 Å². The van der Waals surface area contributed by atoms with Crippen LogP contribution in [0.4, 0.5) is 32.2 Å². The van der Waals surface area contributed by atoms with Gasteiger partial charge in [-0.1, -0.05) is 72.8 Å². The molecule has 2 N–H and O–H groups in total. The van der Waals surface area contributed by atoms with Crippen LogP contribution in [0.5, 0.6) is 0 Å². The molecule has 1 heterocycles. The molecule has 2 amide bonds. The van der Waals surface area contributed by atoms with Crippen molar-refractivity contribution in [2.75, 3.05) is 11.9 Å². The third-order valence-corrected chi connectivity index (χ3v) is 8.23. The number of carbonyl (C=O) groups is 2. The van der Waals surface area contributed by atoms with E-state index < -0.39 is 41.3 Å². The number of alkyl halides is 6. The molecule has 0 aliphatic rings. The molecule has 0 aliphatic heterocycles. The first kappa shape index (κ1) is 35.8. The van der Waals surface area contributed by atoms with E-state index in [1.54, 1.807) is 54.6 Å². The highest BCUT2D eigenvalue weighted by Gasteiger charge is 2.31. The van der Waals surface area contributed by atoms with Crippen LogP contribution >= 0.6 is 0 Å². The van der Waals surface area contributed by atoms with Gasteiger partial charge in [-0.05, 0) is 82.9 Å². The zero-order chi connectivity index (χ0) is 36.9. The summed E-state index contributed by atoms with van der Waals surface area (Å²) in [5.74, 6) is -0.678. The minimum Gasteiger partial charge on any atom is -0.374 e. The summed E-state index contributed by atoms with van der Waals surface area (Å²) in [7, 11) is 0. The van der Waals surface area contributed by atoms with E-state index in [1.165, 1.54) is 24.3 Å². The zero-order valence-electron chi connectivity index (χ0n) is 27.1. The lowest BCUT2D eigenvalue weighted by Gasteiger charge is -2.20. The Hall–Kier alpha value is -6.01. The monoisotopic (exact) mass is 713 g/mol. The molecule has 0 radical (unpaired) electrons. The fraction of sp³-hybridized carbons (Fsp3) is 0.125. The highest BCUT2D eigenvalue weighted by molar-refractivity contribution is 6.08. The smallest absolute Gasteiger partial charge is 0.374 e. The van der Waals surface area contributed by atoms with Crippen molar-refractivity contribution in [1.82, 2.24) is 10.3 Å². The molecule has 1 aromatic heterocycles. The van der Waals surface area contributed by atoms with Gasteiger partial charge in [0.15, 0.2) is 0 Å². The Kier molecular flexibility index (Phi) is 10.4. The van der Waals surface area contributed by atoms with Crippen LogP contribution in [0.1, 0.15) is 49.0 Å². The van der Waals surface area contributed by atoms with Crippen LogP contribution in [-0.4, -0.2) is 23.4 Å². The van der Waals surface area contributed by atoms with E-state index in [1.807, 2.05) is 30.3 Å². The summed E-state index contributed by atoms with van der Waals surface area (Å²) in [5, 5.41) is 6.33. The van der Waals surface area contributed by atoms with Crippen molar-refractivity contribution in [2.45, 2.75) is 25.0 Å². The first-order chi connectivity index (χ1) is 24.8. The van der Waals surface area contributed by atoms with Gasteiger partial charge < -0.3 is 15.4 Å². The van der Waals surface area contributed by atoms with E-state index in [2.05, 4.69) is 15.6 Å². The molecule has 6 rings (SSSR count). The van der Waals surface area contributed by atoms with Gasteiger partial charge in [0.05, 0.1) is 35.9 Å². The fourth-order valence-electron chi connectivity index (χ4n) is 5.52. The van der Waals surface area contributed by atoms with Crippen molar-refractivity contribution in [2.24, 2.45) is 0 Å². The van der Waals surface area contributed by atoms with Crippen LogP contribution in [0.25, 0.3) is 22.0 Å². The Morgan fingerprint density at radius 3 is 1.98 bits per heavy atom. The highest BCUT2D eigenvalue weighted by Crippen LogP contribution is 2.32. The van der Waals surface area contributed by atoms with E-state index in [9.17, 15) is 35.9 Å². The highest BCUT2D eigenvalue weighted by atomic mass is 19.4. The SMILES string of the molecule is O=C(N[C@H](COCc1ccc(C(F)(F)F)cc1)c1ccccc1)c1ccc2nc(NC(=O)c3ccccc3-c3ccc(C(F)(F)F)cc3)ccc2c1. The second kappa shape index (κ2) is 15.1. The Balaban J connectivity index is 1.13. The summed E-state index contributed by atoms with van der Waals surface area (Å²) < 4.78 is 83.8. The normalized spacial score (nSPS) is 12.3. The first-order valence-electron chi connectivity index (χ1n) is 15.9. The summed E-state index contributed by atoms with van der Waals surface area (Å²) in [6.45, 7) is 0.0927. The fourth-order valence-corrected chi connectivity index (χ4v) is 5.52. The van der Waals surface area contributed by atoms with Gasteiger partial charge >= 0.3 is 12.4 Å². The van der Waals surface area contributed by atoms with Gasteiger partial charge in [-0.25, -0.2) is 4.98 Å². The average Bonchev–Trinajstić information content (AvgIpc) is 3.14. The molecular formula is C40H29F6N3O3. The number of anilines is 1. The van der Waals surface area contributed by atoms with Gasteiger partial charge in [0.25, 0.3) is 11.8 Å². The molecule has 5 aromatic carbocycles. The van der Waals surface area contributed by atoms with Crippen molar-refractivity contribution in [3.8, 4) is 11.1 Å². The van der Waals surface area contributed by atoms with Crippen LogP contribution in [0.2, 0.25) is 0 Å². The number of halogens is 6. The zero-order valence-corrected chi connectivity index (χ0v) is 27.1. The lowest BCUT2D eigenvalue weighted by Crippen LogP contribution is -2.31. The number of amides is 2. The molecule has 0 bridgehead atoms. The number of aromatic nitrogens is 1. The van der Waals surface area contributed by atoms with E-state index in [0.29, 0.717) is 33.2 Å². The molecule has 0 fully saturated rings. The quantitative estimate of drug-likeness (QED) is 0.139. The van der Waals surface area contributed by atoms with E-state index in [-0.39, 0.29) is 24.6 Å². The number of fused-ring (bicyclic) bond motifs is 1. The maximum absolute atomic E-state index is 13.4. The maximum Gasteiger partial charge on any atom is 0.416 e. The molecule has 0 spiro atoms. The predicted octanol–water partition coefficient (Wildman–Crippen LogP) is 9.88. The molecule has 0 aliphatic carbocycles. The summed E-state index contributed by atoms with van der Waals surface area (Å²) in [4.78, 5) is 31.2. The second-order valence-corrected chi connectivity index (χ2v) is 11.8. The standard InChI is InChI=1S/C40H29F6N3O3/c41-39(42,43)30-16-10-25(11-17-30)23-52-24-35(27-6-2-1-3-7-27)48-37(50)29-14-20-34-28(22-29)15-21-36(47-34)49-38(51)33-9-5-4-8-32(33)26-12-18-31(19-13-26)40(44,45)46/h1-22,35H,23-24H2,(H,48,50)(H,47,49,51)/t35-/m1/s1. The van der Waals surface area contributed by atoms with Gasteiger partial charge in [0.1, 0.15) is 5.82 Å². The van der Waals surface area contributed by atoms with Crippen LogP contribution in [-0.2, 0) is 23.7 Å². The van der Waals surface area contributed by atoms with Crippen LogP contribution < -0.4 is 10.6 Å². The molecule has 0 saturated carbocycles. The van der Waals surface area contributed by atoms with Crippen molar-refractivity contribution in [3.63, 3.8) is 0 Å². The topological polar surface area (TPSA) is 80.3 Å². The third-order valence-electron chi connectivity index (χ3n) is 8.23. The van der Waals surface area contributed by atoms with Gasteiger partial charge in [0.2, 0.25) is 0 Å². The number of benzene rings is 5. The minimum atomic E-state index is -4.48. The Labute approximate surface area is 294 Å². The number of pyridine rings is 1. The van der Waals surface area contributed by atoms with Crippen LogP contribution in [0, 0.1) is 0 Å². The third kappa shape index (κ3) is 8.64. The van der Waals surface area contributed by atoms with E-state index >= 15 is 0 Å². The lowest BCUT2D eigenvalue weighted by atomic mass is 9.98. The van der Waals surface area contributed by atoms with Crippen molar-refractivity contribution < 1.29 is 40.7 Å². The molecule has 12 heteroatoms. The minimum absolute atomic E-state index is 0.0402. The van der Waals surface area contributed by atoms with Crippen molar-refractivity contribution in [1.29, 1.82) is 0 Å². The predicted molar refractivity (Wildman–Crippen MR) is 184 cm³/mol. The molecule has 6 nitrogen and oxygen atoms in total. The van der Waals surface area contributed by atoms with Gasteiger partial charge in [-0.3, -0.25) is 9.59 Å². The number of hydrogen-bond donors (Lipinski definition) is 2. The van der Waals surface area contributed by atoms with E-state index in [4.69, 9.17) is 4.74 Å². The summed E-state index contributed by atoms with van der Waals surface area (Å²) in [6, 6.07) is 32.5.